The fraction of sp³-hybridized carbons (Fsp3) is 0.391. The van der Waals surface area contributed by atoms with Gasteiger partial charge in [-0.25, -0.2) is 4.39 Å². The first kappa shape index (κ1) is 21.0. The topological polar surface area (TPSA) is 52.7 Å². The van der Waals surface area contributed by atoms with Crippen molar-refractivity contribution >= 4 is 17.5 Å². The first-order chi connectivity index (χ1) is 14.0. The Morgan fingerprint density at radius 3 is 2.21 bits per heavy atom. The molecule has 1 aliphatic heterocycles. The Labute approximate surface area is 171 Å². The molecule has 0 saturated carbocycles. The summed E-state index contributed by atoms with van der Waals surface area (Å²) in [6.45, 7) is 5.24. The van der Waals surface area contributed by atoms with Crippen LogP contribution >= 0.6 is 0 Å². The lowest BCUT2D eigenvalue weighted by molar-refractivity contribution is -0.116. The van der Waals surface area contributed by atoms with Crippen molar-refractivity contribution in [2.45, 2.75) is 25.7 Å². The Bertz CT molecular complexity index is 828. The van der Waals surface area contributed by atoms with Crippen LogP contribution < -0.4 is 5.32 Å². The second kappa shape index (κ2) is 9.65. The normalized spacial score (nSPS) is 15.8. The lowest BCUT2D eigenvalue weighted by Crippen LogP contribution is -2.47. The Morgan fingerprint density at radius 2 is 1.62 bits per heavy atom. The highest BCUT2D eigenvalue weighted by Gasteiger charge is 2.20. The maximum absolute atomic E-state index is 13.1. The van der Waals surface area contributed by atoms with Gasteiger partial charge >= 0.3 is 0 Å². The van der Waals surface area contributed by atoms with Gasteiger partial charge in [-0.1, -0.05) is 19.1 Å². The summed E-state index contributed by atoms with van der Waals surface area (Å²) < 4.78 is 13.1. The summed E-state index contributed by atoms with van der Waals surface area (Å²) in [6.07, 6.45) is 1.11. The van der Waals surface area contributed by atoms with E-state index in [1.54, 1.807) is 36.4 Å². The van der Waals surface area contributed by atoms with Crippen LogP contribution in [0.4, 0.5) is 10.1 Å². The van der Waals surface area contributed by atoms with Gasteiger partial charge in [-0.05, 0) is 61.3 Å². The van der Waals surface area contributed by atoms with Gasteiger partial charge in [-0.15, -0.1) is 0 Å². The minimum absolute atomic E-state index is 0.0262. The smallest absolute Gasteiger partial charge is 0.253 e. The summed E-state index contributed by atoms with van der Waals surface area (Å²) >= 11 is 0. The van der Waals surface area contributed by atoms with E-state index in [2.05, 4.69) is 17.3 Å². The van der Waals surface area contributed by atoms with E-state index in [0.717, 1.165) is 38.2 Å². The lowest BCUT2D eigenvalue weighted by atomic mass is 9.93. The predicted molar refractivity (Wildman–Crippen MR) is 113 cm³/mol. The summed E-state index contributed by atoms with van der Waals surface area (Å²) in [6, 6.07) is 13.4. The van der Waals surface area contributed by atoms with Crippen molar-refractivity contribution in [3.63, 3.8) is 0 Å². The first-order valence-electron chi connectivity index (χ1n) is 10.1. The zero-order chi connectivity index (χ0) is 20.8. The SMILES string of the molecule is CCC(CC(=O)Nc1ccc(C(=O)N2CCN(C)CC2)cc1)c1ccc(F)cc1. The highest BCUT2D eigenvalue weighted by Crippen LogP contribution is 2.24. The van der Waals surface area contributed by atoms with Gasteiger partial charge in [0.15, 0.2) is 0 Å². The number of nitrogens with zero attached hydrogens (tertiary/aromatic N) is 2. The Kier molecular flexibility index (Phi) is 6.99. The molecule has 1 fully saturated rings. The van der Waals surface area contributed by atoms with Gasteiger partial charge in [0.05, 0.1) is 0 Å². The van der Waals surface area contributed by atoms with Crippen LogP contribution in [-0.4, -0.2) is 54.8 Å². The number of likely N-dealkylation sites (N-methyl/N-ethyl adjacent to an activating group) is 1. The van der Waals surface area contributed by atoms with E-state index < -0.39 is 0 Å². The molecule has 0 radical (unpaired) electrons. The molecule has 0 spiro atoms. The van der Waals surface area contributed by atoms with Gasteiger partial charge in [-0.2, -0.15) is 0 Å². The number of anilines is 1. The second-order valence-electron chi connectivity index (χ2n) is 7.58. The number of carbonyl (C=O) groups is 2. The molecule has 2 aromatic carbocycles. The van der Waals surface area contributed by atoms with Gasteiger partial charge in [-0.3, -0.25) is 9.59 Å². The van der Waals surface area contributed by atoms with E-state index in [4.69, 9.17) is 0 Å². The molecule has 2 aromatic rings. The molecular formula is C23H28FN3O2. The molecule has 1 unspecified atom stereocenters. The van der Waals surface area contributed by atoms with E-state index in [0.29, 0.717) is 17.7 Å². The summed E-state index contributed by atoms with van der Waals surface area (Å²) in [5.41, 5.74) is 2.25. The van der Waals surface area contributed by atoms with Crippen molar-refractivity contribution in [2.24, 2.45) is 0 Å². The molecule has 0 aromatic heterocycles. The number of carbonyl (C=O) groups excluding carboxylic acids is 2. The monoisotopic (exact) mass is 397 g/mol. The molecular weight excluding hydrogens is 369 g/mol. The van der Waals surface area contributed by atoms with Crippen LogP contribution in [0.2, 0.25) is 0 Å². The molecule has 1 N–H and O–H groups in total. The van der Waals surface area contributed by atoms with Crippen molar-refractivity contribution in [3.05, 3.63) is 65.5 Å². The van der Waals surface area contributed by atoms with E-state index in [1.807, 2.05) is 11.8 Å². The minimum Gasteiger partial charge on any atom is -0.336 e. The molecule has 1 heterocycles. The highest BCUT2D eigenvalue weighted by molar-refractivity contribution is 5.96. The van der Waals surface area contributed by atoms with Crippen LogP contribution in [0.15, 0.2) is 48.5 Å². The van der Waals surface area contributed by atoms with Crippen molar-refractivity contribution in [2.75, 3.05) is 38.5 Å². The average Bonchev–Trinajstić information content (AvgIpc) is 2.73. The average molecular weight is 397 g/mol. The Hall–Kier alpha value is -2.73. The van der Waals surface area contributed by atoms with Gasteiger partial charge in [0, 0.05) is 43.9 Å². The molecule has 1 saturated heterocycles. The molecule has 154 valence electrons. The third-order valence-electron chi connectivity index (χ3n) is 5.47. The molecule has 0 aliphatic carbocycles. The maximum Gasteiger partial charge on any atom is 0.253 e. The van der Waals surface area contributed by atoms with Crippen LogP contribution in [-0.2, 0) is 4.79 Å². The van der Waals surface area contributed by atoms with Crippen molar-refractivity contribution in [3.8, 4) is 0 Å². The fourth-order valence-corrected chi connectivity index (χ4v) is 3.56. The summed E-state index contributed by atoms with van der Waals surface area (Å²) in [5, 5.41) is 2.89. The molecule has 2 amide bonds. The van der Waals surface area contributed by atoms with Gasteiger partial charge < -0.3 is 15.1 Å². The van der Waals surface area contributed by atoms with E-state index in [1.165, 1.54) is 12.1 Å². The largest absolute Gasteiger partial charge is 0.336 e. The third-order valence-corrected chi connectivity index (χ3v) is 5.47. The van der Waals surface area contributed by atoms with Crippen LogP contribution in [0.25, 0.3) is 0 Å². The summed E-state index contributed by atoms with van der Waals surface area (Å²) in [5.74, 6) is -0.314. The molecule has 6 heteroatoms. The zero-order valence-electron chi connectivity index (χ0n) is 17.0. The molecule has 29 heavy (non-hydrogen) atoms. The van der Waals surface area contributed by atoms with Crippen LogP contribution in [0.1, 0.15) is 41.6 Å². The van der Waals surface area contributed by atoms with E-state index in [9.17, 15) is 14.0 Å². The quantitative estimate of drug-likeness (QED) is 0.808. The number of amides is 2. The third kappa shape index (κ3) is 5.64. The van der Waals surface area contributed by atoms with Crippen LogP contribution in [0, 0.1) is 5.82 Å². The zero-order valence-corrected chi connectivity index (χ0v) is 17.0. The Morgan fingerprint density at radius 1 is 1.00 bits per heavy atom. The van der Waals surface area contributed by atoms with E-state index >= 15 is 0 Å². The summed E-state index contributed by atoms with van der Waals surface area (Å²) in [4.78, 5) is 29.1. The Balaban J connectivity index is 1.56. The van der Waals surface area contributed by atoms with Crippen LogP contribution in [0.3, 0.4) is 0 Å². The van der Waals surface area contributed by atoms with Crippen molar-refractivity contribution in [1.29, 1.82) is 0 Å². The number of hydrogen-bond acceptors (Lipinski definition) is 3. The molecule has 3 rings (SSSR count). The minimum atomic E-state index is -0.278. The highest BCUT2D eigenvalue weighted by atomic mass is 19.1. The second-order valence-corrected chi connectivity index (χ2v) is 7.58. The van der Waals surface area contributed by atoms with Crippen LogP contribution in [0.5, 0.6) is 0 Å². The van der Waals surface area contributed by atoms with Gasteiger partial charge in [0.1, 0.15) is 5.82 Å². The van der Waals surface area contributed by atoms with Gasteiger partial charge in [0.25, 0.3) is 5.91 Å². The number of benzene rings is 2. The number of nitrogens with one attached hydrogen (secondary N) is 1. The van der Waals surface area contributed by atoms with Gasteiger partial charge in [0.2, 0.25) is 5.91 Å². The van der Waals surface area contributed by atoms with E-state index in [-0.39, 0.29) is 23.5 Å². The fourth-order valence-electron chi connectivity index (χ4n) is 3.56. The number of hydrogen-bond donors (Lipinski definition) is 1. The lowest BCUT2D eigenvalue weighted by Gasteiger charge is -2.32. The number of rotatable bonds is 6. The first-order valence-corrected chi connectivity index (χ1v) is 10.1. The summed E-state index contributed by atoms with van der Waals surface area (Å²) in [7, 11) is 2.05. The van der Waals surface area contributed by atoms with Crippen molar-refractivity contribution in [1.82, 2.24) is 9.80 Å². The molecule has 1 atom stereocenters. The predicted octanol–water partition coefficient (Wildman–Crippen LogP) is 3.74. The standard InChI is InChI=1S/C23H28FN3O2/c1-3-17(18-4-8-20(24)9-5-18)16-22(28)25-21-10-6-19(7-11-21)23(29)27-14-12-26(2)13-15-27/h4-11,17H,3,12-16H2,1-2H3,(H,25,28). The molecule has 0 bridgehead atoms. The van der Waals surface area contributed by atoms with Crippen molar-refractivity contribution < 1.29 is 14.0 Å². The number of halogens is 1. The number of piperazine rings is 1. The molecule has 1 aliphatic rings. The maximum atomic E-state index is 13.1. The molecule has 5 nitrogen and oxygen atoms in total.